The molecule has 0 spiro atoms. The van der Waals surface area contributed by atoms with Gasteiger partial charge in [0, 0.05) is 37.6 Å². The molecule has 1 aromatic heterocycles. The molecule has 6 nitrogen and oxygen atoms in total. The topological polar surface area (TPSA) is 61.4 Å². The maximum Gasteiger partial charge on any atom is 0.274 e. The van der Waals surface area contributed by atoms with E-state index in [4.69, 9.17) is 0 Å². The van der Waals surface area contributed by atoms with Crippen molar-refractivity contribution in [2.75, 3.05) is 43.4 Å². The van der Waals surface area contributed by atoms with Crippen LogP contribution >= 0.6 is 0 Å². The quantitative estimate of drug-likeness (QED) is 0.916. The first-order valence-electron chi connectivity index (χ1n) is 9.13. The maximum absolute atomic E-state index is 12.8. The summed E-state index contributed by atoms with van der Waals surface area (Å²) in [7, 11) is 2.11. The van der Waals surface area contributed by atoms with Crippen LogP contribution in [0.25, 0.3) is 0 Å². The van der Waals surface area contributed by atoms with Gasteiger partial charge in [0.25, 0.3) is 5.91 Å². The van der Waals surface area contributed by atoms with Gasteiger partial charge in [-0.2, -0.15) is 0 Å². The van der Waals surface area contributed by atoms with E-state index in [-0.39, 0.29) is 5.91 Å². The van der Waals surface area contributed by atoms with Crippen LogP contribution in [-0.4, -0.2) is 54.0 Å². The van der Waals surface area contributed by atoms with Crippen molar-refractivity contribution >= 4 is 17.5 Å². The molecule has 1 amide bonds. The van der Waals surface area contributed by atoms with Crippen molar-refractivity contribution in [3.05, 3.63) is 47.3 Å². The van der Waals surface area contributed by atoms with Gasteiger partial charge in [0.15, 0.2) is 0 Å². The van der Waals surface area contributed by atoms with Gasteiger partial charge in [-0.05, 0) is 37.6 Å². The van der Waals surface area contributed by atoms with Crippen molar-refractivity contribution in [2.45, 2.75) is 26.7 Å². The van der Waals surface area contributed by atoms with Crippen LogP contribution in [0.15, 0.2) is 30.3 Å². The Morgan fingerprint density at radius 2 is 1.81 bits per heavy atom. The van der Waals surface area contributed by atoms with E-state index in [1.54, 1.807) is 6.07 Å². The largest absolute Gasteiger partial charge is 0.338 e. The van der Waals surface area contributed by atoms with E-state index in [9.17, 15) is 4.79 Å². The van der Waals surface area contributed by atoms with Crippen LogP contribution in [0.5, 0.6) is 0 Å². The zero-order valence-electron chi connectivity index (χ0n) is 16.0. The van der Waals surface area contributed by atoms with E-state index in [2.05, 4.69) is 46.0 Å². The van der Waals surface area contributed by atoms with Crippen LogP contribution in [-0.2, 0) is 0 Å². The minimum absolute atomic E-state index is 0.195. The summed E-state index contributed by atoms with van der Waals surface area (Å²) in [6.45, 7) is 9.83. The molecule has 1 saturated heterocycles. The molecule has 3 rings (SSSR count). The van der Waals surface area contributed by atoms with Gasteiger partial charge in [-0.3, -0.25) is 4.79 Å². The first-order valence-corrected chi connectivity index (χ1v) is 9.13. The average Bonchev–Trinajstić information content (AvgIpc) is 2.62. The van der Waals surface area contributed by atoms with Gasteiger partial charge in [-0.1, -0.05) is 32.0 Å². The molecule has 1 N–H and O–H groups in total. The first-order chi connectivity index (χ1) is 12.4. The van der Waals surface area contributed by atoms with Crippen LogP contribution in [0.2, 0.25) is 0 Å². The molecule has 1 aromatic carbocycles. The lowest BCUT2D eigenvalue weighted by atomic mass is 10.0. The molecule has 0 radical (unpaired) electrons. The van der Waals surface area contributed by atoms with E-state index in [1.807, 2.05) is 31.2 Å². The van der Waals surface area contributed by atoms with E-state index in [0.29, 0.717) is 17.6 Å². The standard InChI is InChI=1S/C20H27N5O/c1-14(2)16-7-5-6-8-17(16)22-19(26)18-13-15(3)21-20(23-18)25-11-9-24(4)10-12-25/h5-8,13-14H,9-12H2,1-4H3,(H,22,26). The molecule has 1 aliphatic heterocycles. The Hall–Kier alpha value is -2.47. The fraction of sp³-hybridized carbons (Fsp3) is 0.450. The highest BCUT2D eigenvalue weighted by Crippen LogP contribution is 2.24. The monoisotopic (exact) mass is 353 g/mol. The molecule has 0 atom stereocenters. The van der Waals surface area contributed by atoms with E-state index < -0.39 is 0 Å². The summed E-state index contributed by atoms with van der Waals surface area (Å²) in [6, 6.07) is 9.64. The van der Waals surface area contributed by atoms with E-state index in [0.717, 1.165) is 43.1 Å². The van der Waals surface area contributed by atoms with Gasteiger partial charge in [-0.25, -0.2) is 9.97 Å². The fourth-order valence-electron chi connectivity index (χ4n) is 3.12. The third-order valence-corrected chi connectivity index (χ3v) is 4.69. The zero-order valence-corrected chi connectivity index (χ0v) is 16.0. The van der Waals surface area contributed by atoms with Crippen molar-refractivity contribution in [3.63, 3.8) is 0 Å². The third-order valence-electron chi connectivity index (χ3n) is 4.69. The predicted octanol–water partition coefficient (Wildman–Crippen LogP) is 2.91. The molecule has 1 aliphatic rings. The molecule has 6 heteroatoms. The second kappa shape index (κ2) is 7.83. The number of benzene rings is 1. The number of hydrogen-bond donors (Lipinski definition) is 1. The number of likely N-dealkylation sites (N-methyl/N-ethyl adjacent to an activating group) is 1. The molecule has 1 fully saturated rings. The molecule has 2 aromatic rings. The SMILES string of the molecule is Cc1cc(C(=O)Nc2ccccc2C(C)C)nc(N2CCN(C)CC2)n1. The van der Waals surface area contributed by atoms with Gasteiger partial charge >= 0.3 is 0 Å². The molecular weight excluding hydrogens is 326 g/mol. The summed E-state index contributed by atoms with van der Waals surface area (Å²) in [5, 5.41) is 3.02. The third kappa shape index (κ3) is 4.19. The van der Waals surface area contributed by atoms with Crippen molar-refractivity contribution < 1.29 is 4.79 Å². The second-order valence-electron chi connectivity index (χ2n) is 7.18. The summed E-state index contributed by atoms with van der Waals surface area (Å²) < 4.78 is 0. The van der Waals surface area contributed by atoms with Crippen LogP contribution in [0.1, 0.15) is 41.5 Å². The van der Waals surface area contributed by atoms with E-state index >= 15 is 0 Å². The Labute approximate surface area is 155 Å². The Kier molecular flexibility index (Phi) is 5.52. The van der Waals surface area contributed by atoms with Gasteiger partial charge in [0.2, 0.25) is 5.95 Å². The van der Waals surface area contributed by atoms with Crippen LogP contribution < -0.4 is 10.2 Å². The van der Waals surface area contributed by atoms with Gasteiger partial charge in [0.05, 0.1) is 0 Å². The average molecular weight is 353 g/mol. The number of amides is 1. The van der Waals surface area contributed by atoms with Crippen molar-refractivity contribution in [3.8, 4) is 0 Å². The smallest absolute Gasteiger partial charge is 0.274 e. The lowest BCUT2D eigenvalue weighted by Gasteiger charge is -2.32. The normalized spacial score (nSPS) is 15.3. The number of nitrogens with zero attached hydrogens (tertiary/aromatic N) is 4. The first kappa shape index (κ1) is 18.3. The maximum atomic E-state index is 12.8. The predicted molar refractivity (Wildman–Crippen MR) is 105 cm³/mol. The minimum Gasteiger partial charge on any atom is -0.338 e. The number of para-hydroxylation sites is 1. The van der Waals surface area contributed by atoms with Crippen LogP contribution in [0.4, 0.5) is 11.6 Å². The number of carbonyl (C=O) groups is 1. The Bertz CT molecular complexity index is 782. The lowest BCUT2D eigenvalue weighted by Crippen LogP contribution is -2.45. The summed E-state index contributed by atoms with van der Waals surface area (Å²) in [6.07, 6.45) is 0. The molecule has 0 bridgehead atoms. The number of rotatable bonds is 4. The summed E-state index contributed by atoms with van der Waals surface area (Å²) in [5.41, 5.74) is 3.16. The summed E-state index contributed by atoms with van der Waals surface area (Å²) >= 11 is 0. The highest BCUT2D eigenvalue weighted by Gasteiger charge is 2.19. The van der Waals surface area contributed by atoms with Gasteiger partial charge in [-0.15, -0.1) is 0 Å². The number of aromatic nitrogens is 2. The molecule has 0 unspecified atom stereocenters. The van der Waals surface area contributed by atoms with Crippen molar-refractivity contribution in [1.29, 1.82) is 0 Å². The molecule has 0 saturated carbocycles. The number of carbonyl (C=O) groups excluding carboxylic acids is 1. The zero-order chi connectivity index (χ0) is 18.7. The number of hydrogen-bond acceptors (Lipinski definition) is 5. The van der Waals surface area contributed by atoms with Crippen molar-refractivity contribution in [1.82, 2.24) is 14.9 Å². The Morgan fingerprint density at radius 3 is 2.50 bits per heavy atom. The van der Waals surface area contributed by atoms with Crippen LogP contribution in [0.3, 0.4) is 0 Å². The Morgan fingerprint density at radius 1 is 1.12 bits per heavy atom. The lowest BCUT2D eigenvalue weighted by molar-refractivity contribution is 0.102. The highest BCUT2D eigenvalue weighted by atomic mass is 16.1. The van der Waals surface area contributed by atoms with Gasteiger partial charge < -0.3 is 15.1 Å². The molecule has 26 heavy (non-hydrogen) atoms. The Balaban J connectivity index is 1.82. The molecule has 138 valence electrons. The molecule has 2 heterocycles. The second-order valence-corrected chi connectivity index (χ2v) is 7.18. The highest BCUT2D eigenvalue weighted by molar-refractivity contribution is 6.03. The number of piperazine rings is 1. The van der Waals surface area contributed by atoms with Crippen LogP contribution in [0, 0.1) is 6.92 Å². The molecule has 0 aliphatic carbocycles. The number of nitrogens with one attached hydrogen (secondary N) is 1. The molecular formula is C20H27N5O. The fourth-order valence-corrected chi connectivity index (χ4v) is 3.12. The minimum atomic E-state index is -0.195. The van der Waals surface area contributed by atoms with Crippen molar-refractivity contribution in [2.24, 2.45) is 0 Å². The number of anilines is 2. The number of aryl methyl sites for hydroxylation is 1. The van der Waals surface area contributed by atoms with E-state index in [1.165, 1.54) is 0 Å². The summed E-state index contributed by atoms with van der Waals surface area (Å²) in [5.74, 6) is 0.777. The summed E-state index contributed by atoms with van der Waals surface area (Å²) in [4.78, 5) is 26.3. The van der Waals surface area contributed by atoms with Gasteiger partial charge in [0.1, 0.15) is 5.69 Å².